The summed E-state index contributed by atoms with van der Waals surface area (Å²) in [5.74, 6) is 2.77. The molecule has 4 aromatic rings. The highest BCUT2D eigenvalue weighted by Crippen LogP contribution is 2.38. The quantitative estimate of drug-likeness (QED) is 0.328. The highest BCUT2D eigenvalue weighted by Gasteiger charge is 2.24. The lowest BCUT2D eigenvalue weighted by Crippen LogP contribution is -2.33. The maximum atomic E-state index is 5.31. The molecule has 4 heterocycles. The summed E-state index contributed by atoms with van der Waals surface area (Å²) >= 11 is 0. The average Bonchev–Trinajstić information content (AvgIpc) is 3.27. The number of hydrogen-bond donors (Lipinski definition) is 1. The topological polar surface area (TPSA) is 76.2 Å². The number of aryl methyl sites for hydroxylation is 2. The van der Waals surface area contributed by atoms with Crippen LogP contribution in [0.25, 0.3) is 22.2 Å². The molecule has 1 aliphatic rings. The maximum Gasteiger partial charge on any atom is 0.220 e. The first kappa shape index (κ1) is 25.2. The van der Waals surface area contributed by atoms with Crippen LogP contribution in [0.1, 0.15) is 66.9 Å². The third-order valence-corrected chi connectivity index (χ3v) is 7.38. The molecule has 1 aromatic carbocycles. The summed E-state index contributed by atoms with van der Waals surface area (Å²) in [6, 6.07) is 13.1. The molecule has 0 radical (unpaired) electrons. The first-order valence-corrected chi connectivity index (χ1v) is 13.1. The van der Waals surface area contributed by atoms with Gasteiger partial charge < -0.3 is 14.5 Å². The van der Waals surface area contributed by atoms with E-state index in [9.17, 15) is 0 Å². The minimum Gasteiger partial charge on any atom is -0.481 e. The van der Waals surface area contributed by atoms with E-state index in [4.69, 9.17) is 9.47 Å². The Bertz CT molecular complexity index is 1360. The Morgan fingerprint density at radius 3 is 2.16 bits per heavy atom. The van der Waals surface area contributed by atoms with Crippen molar-refractivity contribution in [2.24, 2.45) is 0 Å². The van der Waals surface area contributed by atoms with E-state index in [1.165, 1.54) is 33.3 Å². The van der Waals surface area contributed by atoms with Gasteiger partial charge in [0.2, 0.25) is 11.8 Å². The molecule has 37 heavy (non-hydrogen) atoms. The molecule has 3 aromatic heterocycles. The molecule has 5 rings (SSSR count). The van der Waals surface area contributed by atoms with E-state index < -0.39 is 0 Å². The van der Waals surface area contributed by atoms with Gasteiger partial charge in [0.05, 0.1) is 32.5 Å². The molecule has 0 bridgehead atoms. The second kappa shape index (κ2) is 10.5. The van der Waals surface area contributed by atoms with Crippen molar-refractivity contribution in [3.8, 4) is 23.0 Å². The number of nitrogens with one attached hydrogen (secondary N) is 1. The molecule has 194 valence electrons. The summed E-state index contributed by atoms with van der Waals surface area (Å²) in [7, 11) is 3.23. The number of H-pyrrole nitrogens is 1. The number of hydrogen-bond acceptors (Lipinski definition) is 6. The molecule has 1 fully saturated rings. The summed E-state index contributed by atoms with van der Waals surface area (Å²) in [5, 5.41) is 1.34. The number of rotatable bonds is 7. The van der Waals surface area contributed by atoms with E-state index in [0.29, 0.717) is 30.1 Å². The lowest BCUT2D eigenvalue weighted by molar-refractivity contribution is 0.198. The highest BCUT2D eigenvalue weighted by atomic mass is 16.5. The van der Waals surface area contributed by atoms with Crippen LogP contribution < -0.4 is 9.47 Å². The molecule has 7 heteroatoms. The van der Waals surface area contributed by atoms with E-state index in [2.05, 4.69) is 82.9 Å². The summed E-state index contributed by atoms with van der Waals surface area (Å²) in [6.45, 7) is 11.4. The zero-order valence-corrected chi connectivity index (χ0v) is 22.8. The number of aromatic amines is 1. The van der Waals surface area contributed by atoms with Crippen molar-refractivity contribution < 1.29 is 9.47 Å². The van der Waals surface area contributed by atoms with Gasteiger partial charge in [-0.2, -0.15) is 9.97 Å². The predicted molar refractivity (Wildman–Crippen MR) is 147 cm³/mol. The number of ether oxygens (including phenoxy) is 2. The number of likely N-dealkylation sites (tertiary alicyclic amines) is 1. The van der Waals surface area contributed by atoms with Crippen LogP contribution in [0, 0.1) is 13.8 Å². The van der Waals surface area contributed by atoms with Crippen LogP contribution in [0.2, 0.25) is 0 Å². The number of methoxy groups -OCH3 is 2. The molecular weight excluding hydrogens is 462 g/mol. The van der Waals surface area contributed by atoms with Crippen LogP contribution in [0.4, 0.5) is 0 Å². The van der Waals surface area contributed by atoms with Gasteiger partial charge in [-0.1, -0.05) is 19.9 Å². The predicted octanol–water partition coefficient (Wildman–Crippen LogP) is 6.16. The molecule has 1 saturated heterocycles. The Labute approximate surface area is 219 Å². The van der Waals surface area contributed by atoms with Crippen LogP contribution in [0.5, 0.6) is 11.8 Å². The van der Waals surface area contributed by atoms with E-state index in [1.807, 2.05) is 0 Å². The molecule has 7 nitrogen and oxygen atoms in total. The van der Waals surface area contributed by atoms with Gasteiger partial charge >= 0.3 is 0 Å². The van der Waals surface area contributed by atoms with Crippen molar-refractivity contribution in [1.82, 2.24) is 24.8 Å². The fraction of sp³-hybridized carbons (Fsp3) is 0.433. The fourth-order valence-electron chi connectivity index (χ4n) is 5.64. The number of nitrogens with zero attached hydrogens (tertiary/aromatic N) is 4. The van der Waals surface area contributed by atoms with Gasteiger partial charge in [0, 0.05) is 27.9 Å². The normalized spacial score (nSPS) is 15.0. The second-order valence-electron chi connectivity index (χ2n) is 10.4. The SMILES string of the molecule is COc1cc(OC)nc(CN2CCC(c3ccc4[nH]c(-c5cc(C)nc(C)c5)c(C(C)C)c4c3)CC2)n1. The van der Waals surface area contributed by atoms with Gasteiger partial charge in [0.15, 0.2) is 0 Å². The van der Waals surface area contributed by atoms with Crippen LogP contribution >= 0.6 is 0 Å². The Kier molecular flexibility index (Phi) is 7.15. The molecule has 0 amide bonds. The summed E-state index contributed by atoms with van der Waals surface area (Å²) < 4.78 is 10.6. The van der Waals surface area contributed by atoms with E-state index in [0.717, 1.165) is 43.1 Å². The second-order valence-corrected chi connectivity index (χ2v) is 10.4. The Hall–Kier alpha value is -3.45. The first-order chi connectivity index (χ1) is 17.8. The fourth-order valence-corrected chi connectivity index (χ4v) is 5.64. The third-order valence-electron chi connectivity index (χ3n) is 7.38. The van der Waals surface area contributed by atoms with Crippen molar-refractivity contribution in [3.63, 3.8) is 0 Å². The first-order valence-electron chi connectivity index (χ1n) is 13.1. The largest absolute Gasteiger partial charge is 0.481 e. The zero-order chi connectivity index (χ0) is 26.1. The van der Waals surface area contributed by atoms with Crippen molar-refractivity contribution >= 4 is 10.9 Å². The summed E-state index contributed by atoms with van der Waals surface area (Å²) in [5.41, 5.74) is 8.57. The van der Waals surface area contributed by atoms with E-state index in [1.54, 1.807) is 20.3 Å². The number of piperidine rings is 1. The molecule has 0 spiro atoms. The number of benzene rings is 1. The van der Waals surface area contributed by atoms with Crippen LogP contribution in [0.15, 0.2) is 36.4 Å². The molecule has 1 N–H and O–H groups in total. The van der Waals surface area contributed by atoms with Crippen LogP contribution in [0.3, 0.4) is 0 Å². The molecule has 0 saturated carbocycles. The van der Waals surface area contributed by atoms with Gasteiger partial charge in [0.25, 0.3) is 0 Å². The lowest BCUT2D eigenvalue weighted by atomic mass is 9.87. The highest BCUT2D eigenvalue weighted by molar-refractivity contribution is 5.92. The van der Waals surface area contributed by atoms with Crippen LogP contribution in [-0.2, 0) is 6.54 Å². The Morgan fingerprint density at radius 1 is 0.919 bits per heavy atom. The minimum absolute atomic E-state index is 0.412. The van der Waals surface area contributed by atoms with Crippen LogP contribution in [-0.4, -0.2) is 52.1 Å². The van der Waals surface area contributed by atoms with Gasteiger partial charge in [-0.25, -0.2) is 0 Å². The van der Waals surface area contributed by atoms with E-state index >= 15 is 0 Å². The minimum atomic E-state index is 0.412. The number of pyridine rings is 1. The van der Waals surface area contributed by atoms with Gasteiger partial charge in [-0.15, -0.1) is 0 Å². The van der Waals surface area contributed by atoms with Gasteiger partial charge in [-0.05, 0) is 87.0 Å². The summed E-state index contributed by atoms with van der Waals surface area (Å²) in [4.78, 5) is 19.7. The molecular formula is C30H37N5O2. The summed E-state index contributed by atoms with van der Waals surface area (Å²) in [6.07, 6.45) is 2.23. The smallest absolute Gasteiger partial charge is 0.220 e. The number of fused-ring (bicyclic) bond motifs is 1. The van der Waals surface area contributed by atoms with Crippen molar-refractivity contribution in [2.75, 3.05) is 27.3 Å². The van der Waals surface area contributed by atoms with E-state index in [-0.39, 0.29) is 0 Å². The lowest BCUT2D eigenvalue weighted by Gasteiger charge is -2.31. The Balaban J connectivity index is 1.36. The average molecular weight is 500 g/mol. The maximum absolute atomic E-state index is 5.31. The van der Waals surface area contributed by atoms with Crippen molar-refractivity contribution in [3.05, 3.63) is 64.7 Å². The van der Waals surface area contributed by atoms with Gasteiger partial charge in [0.1, 0.15) is 5.82 Å². The number of aromatic nitrogens is 4. The molecule has 0 aliphatic carbocycles. The van der Waals surface area contributed by atoms with Crippen molar-refractivity contribution in [1.29, 1.82) is 0 Å². The third kappa shape index (κ3) is 5.32. The zero-order valence-electron chi connectivity index (χ0n) is 22.8. The monoisotopic (exact) mass is 499 g/mol. The Morgan fingerprint density at radius 2 is 1.57 bits per heavy atom. The van der Waals surface area contributed by atoms with Crippen molar-refractivity contribution in [2.45, 2.75) is 58.9 Å². The van der Waals surface area contributed by atoms with Gasteiger partial charge in [-0.3, -0.25) is 9.88 Å². The standard InChI is InChI=1S/C30H37N5O2/c1-18(2)29-24-15-22(7-8-25(24)32-30(29)23-13-19(3)31-20(4)14-23)21-9-11-35(12-10-21)17-26-33-27(36-5)16-28(34-26)37-6/h7-8,13-16,18,21,32H,9-12,17H2,1-6H3. The molecule has 0 atom stereocenters. The molecule has 1 aliphatic heterocycles. The molecule has 0 unspecified atom stereocenters.